The third-order valence-electron chi connectivity index (χ3n) is 4.49. The maximum atomic E-state index is 12.7. The van der Waals surface area contributed by atoms with Crippen LogP contribution in [0.2, 0.25) is 0 Å². The van der Waals surface area contributed by atoms with Gasteiger partial charge in [-0.15, -0.1) is 0 Å². The third-order valence-corrected chi connectivity index (χ3v) is 4.49. The van der Waals surface area contributed by atoms with Crippen molar-refractivity contribution in [1.29, 1.82) is 0 Å². The molecule has 1 amide bonds. The first-order chi connectivity index (χ1) is 10.7. The number of benzene rings is 1. The number of hydrogen-bond donors (Lipinski definition) is 0. The van der Waals surface area contributed by atoms with Gasteiger partial charge >= 0.3 is 0 Å². The average molecular weight is 304 g/mol. The van der Waals surface area contributed by atoms with E-state index < -0.39 is 0 Å². The van der Waals surface area contributed by atoms with Gasteiger partial charge in [-0.3, -0.25) is 4.79 Å². The summed E-state index contributed by atoms with van der Waals surface area (Å²) in [4.78, 5) is 17.1. The monoisotopic (exact) mass is 304 g/mol. The van der Waals surface area contributed by atoms with E-state index in [1.807, 2.05) is 29.2 Å². The van der Waals surface area contributed by atoms with E-state index in [0.717, 1.165) is 37.6 Å². The van der Waals surface area contributed by atoms with E-state index in [1.54, 1.807) is 7.11 Å². The minimum atomic E-state index is 0.170. The summed E-state index contributed by atoms with van der Waals surface area (Å²) in [6.07, 6.45) is 0.441. The second-order valence-electron chi connectivity index (χ2n) is 6.35. The van der Waals surface area contributed by atoms with Gasteiger partial charge in [-0.05, 0) is 24.7 Å². The van der Waals surface area contributed by atoms with Crippen molar-refractivity contribution in [3.63, 3.8) is 0 Å². The molecule has 2 atom stereocenters. The lowest BCUT2D eigenvalue weighted by Gasteiger charge is -2.29. The molecule has 3 rings (SSSR count). The maximum Gasteiger partial charge on any atom is 0.227 e. The van der Waals surface area contributed by atoms with Crippen LogP contribution in [0.4, 0.5) is 0 Å². The number of carbonyl (C=O) groups is 1. The van der Waals surface area contributed by atoms with Crippen LogP contribution >= 0.6 is 0 Å². The van der Waals surface area contributed by atoms with Crippen LogP contribution in [0.15, 0.2) is 24.3 Å². The number of likely N-dealkylation sites (N-methyl/N-ethyl adjacent to an activating group) is 1. The highest BCUT2D eigenvalue weighted by atomic mass is 16.5. The first-order valence-electron chi connectivity index (χ1n) is 7.84. The Bertz CT molecular complexity index is 517. The molecule has 2 fully saturated rings. The van der Waals surface area contributed by atoms with Crippen molar-refractivity contribution in [3.05, 3.63) is 29.8 Å². The Morgan fingerprint density at radius 1 is 1.23 bits per heavy atom. The van der Waals surface area contributed by atoms with E-state index >= 15 is 0 Å². The van der Waals surface area contributed by atoms with Crippen LogP contribution in [0.25, 0.3) is 0 Å². The number of ether oxygens (including phenoxy) is 2. The van der Waals surface area contributed by atoms with Crippen molar-refractivity contribution in [2.75, 3.05) is 47.0 Å². The summed E-state index contributed by atoms with van der Waals surface area (Å²) in [6, 6.07) is 7.90. The molecule has 1 aromatic carbocycles. The Hall–Kier alpha value is -1.59. The van der Waals surface area contributed by atoms with Gasteiger partial charge in [0.2, 0.25) is 5.91 Å². The van der Waals surface area contributed by atoms with Gasteiger partial charge in [0.05, 0.1) is 32.8 Å². The van der Waals surface area contributed by atoms with Gasteiger partial charge in [0.25, 0.3) is 0 Å². The van der Waals surface area contributed by atoms with Gasteiger partial charge < -0.3 is 19.3 Å². The highest BCUT2D eigenvalue weighted by molar-refractivity contribution is 5.79. The molecule has 2 aliphatic heterocycles. The number of nitrogens with zero attached hydrogens (tertiary/aromatic N) is 2. The second-order valence-corrected chi connectivity index (χ2v) is 6.35. The molecule has 5 nitrogen and oxygen atoms in total. The van der Waals surface area contributed by atoms with Crippen LogP contribution in [-0.4, -0.2) is 68.8 Å². The summed E-state index contributed by atoms with van der Waals surface area (Å²) in [5, 5.41) is 0. The molecule has 1 aromatic rings. The lowest BCUT2D eigenvalue weighted by molar-refractivity contribution is -0.133. The first kappa shape index (κ1) is 15.3. The van der Waals surface area contributed by atoms with Gasteiger partial charge in [0.1, 0.15) is 5.75 Å². The Morgan fingerprint density at radius 3 is 2.73 bits per heavy atom. The van der Waals surface area contributed by atoms with Crippen LogP contribution < -0.4 is 4.74 Å². The van der Waals surface area contributed by atoms with Gasteiger partial charge in [0, 0.05) is 25.6 Å². The average Bonchev–Trinajstić information content (AvgIpc) is 2.78. The predicted molar refractivity (Wildman–Crippen MR) is 84.0 cm³/mol. The molecule has 0 unspecified atom stereocenters. The second kappa shape index (κ2) is 6.67. The summed E-state index contributed by atoms with van der Waals surface area (Å²) < 4.78 is 10.9. The largest absolute Gasteiger partial charge is 0.497 e. The van der Waals surface area contributed by atoms with Crippen LogP contribution in [0.5, 0.6) is 5.75 Å². The van der Waals surface area contributed by atoms with Gasteiger partial charge in [-0.1, -0.05) is 12.1 Å². The fraction of sp³-hybridized carbons (Fsp3) is 0.588. The van der Waals surface area contributed by atoms with Crippen molar-refractivity contribution in [2.24, 2.45) is 5.92 Å². The summed E-state index contributed by atoms with van der Waals surface area (Å²) in [7, 11) is 3.77. The van der Waals surface area contributed by atoms with E-state index in [4.69, 9.17) is 9.47 Å². The molecule has 0 aliphatic carbocycles. The molecule has 2 aliphatic rings. The smallest absolute Gasteiger partial charge is 0.227 e. The highest BCUT2D eigenvalue weighted by Crippen LogP contribution is 2.20. The molecule has 0 aromatic heterocycles. The molecule has 2 saturated heterocycles. The van der Waals surface area contributed by atoms with Crippen LogP contribution in [0.3, 0.4) is 0 Å². The quantitative estimate of drug-likeness (QED) is 0.836. The Labute approximate surface area is 131 Å². The summed E-state index contributed by atoms with van der Waals surface area (Å²) in [6.45, 7) is 4.11. The molecule has 0 spiro atoms. The molecule has 2 bridgehead atoms. The van der Waals surface area contributed by atoms with Gasteiger partial charge in [0.15, 0.2) is 0 Å². The molecule has 0 saturated carbocycles. The number of rotatable bonds is 3. The van der Waals surface area contributed by atoms with Crippen molar-refractivity contribution < 1.29 is 14.3 Å². The fourth-order valence-corrected chi connectivity index (χ4v) is 3.40. The third kappa shape index (κ3) is 3.42. The number of amides is 1. The molecule has 5 heteroatoms. The number of fused-ring (bicyclic) bond motifs is 3. The number of carbonyl (C=O) groups excluding carboxylic acids is 1. The topological polar surface area (TPSA) is 42.0 Å². The minimum absolute atomic E-state index is 0.170. The van der Waals surface area contributed by atoms with Gasteiger partial charge in [-0.25, -0.2) is 0 Å². The summed E-state index contributed by atoms with van der Waals surface area (Å²) in [5.74, 6) is 1.43. The molecule has 120 valence electrons. The zero-order valence-electron chi connectivity index (χ0n) is 13.3. The van der Waals surface area contributed by atoms with Crippen molar-refractivity contribution in [3.8, 4) is 5.75 Å². The Morgan fingerprint density at radius 2 is 2.00 bits per heavy atom. The van der Waals surface area contributed by atoms with E-state index in [9.17, 15) is 4.79 Å². The highest BCUT2D eigenvalue weighted by Gasteiger charge is 2.34. The standard InChI is InChI=1S/C17H24N2O3/c1-18-8-14-9-19(15(10-18)12-22-11-14)17(20)7-13-3-5-16(21-2)6-4-13/h3-6,14-15H,7-12H2,1-2H3/t14-,15-/m0/s1. The molecular formula is C17H24N2O3. The van der Waals surface area contributed by atoms with Gasteiger partial charge in [-0.2, -0.15) is 0 Å². The predicted octanol–water partition coefficient (Wildman–Crippen LogP) is 1.03. The normalized spacial score (nSPS) is 25.6. The SMILES string of the molecule is COc1ccc(CC(=O)N2C[C@H]3COC[C@@H]2CN(C)C3)cc1. The zero-order valence-corrected chi connectivity index (χ0v) is 13.3. The number of methoxy groups -OCH3 is 1. The van der Waals surface area contributed by atoms with Crippen molar-refractivity contribution in [2.45, 2.75) is 12.5 Å². The maximum absolute atomic E-state index is 12.7. The lowest BCUT2D eigenvalue weighted by Crippen LogP contribution is -2.46. The van der Waals surface area contributed by atoms with E-state index in [2.05, 4.69) is 11.9 Å². The molecule has 0 radical (unpaired) electrons. The van der Waals surface area contributed by atoms with Crippen LogP contribution in [0, 0.1) is 5.92 Å². The minimum Gasteiger partial charge on any atom is -0.497 e. The summed E-state index contributed by atoms with van der Waals surface area (Å²) in [5.41, 5.74) is 1.03. The molecule has 2 heterocycles. The van der Waals surface area contributed by atoms with Crippen molar-refractivity contribution in [1.82, 2.24) is 9.80 Å². The van der Waals surface area contributed by atoms with Crippen LogP contribution in [0.1, 0.15) is 5.56 Å². The molecule has 22 heavy (non-hydrogen) atoms. The first-order valence-corrected chi connectivity index (χ1v) is 7.84. The molecule has 0 N–H and O–H groups in total. The molecular weight excluding hydrogens is 280 g/mol. The zero-order chi connectivity index (χ0) is 15.5. The van der Waals surface area contributed by atoms with Crippen LogP contribution in [-0.2, 0) is 16.0 Å². The number of hydrogen-bond acceptors (Lipinski definition) is 4. The lowest BCUT2D eigenvalue weighted by atomic mass is 10.1. The fourth-order valence-electron chi connectivity index (χ4n) is 3.40. The Kier molecular flexibility index (Phi) is 4.64. The van der Waals surface area contributed by atoms with Crippen molar-refractivity contribution >= 4 is 5.91 Å². The Balaban J connectivity index is 1.70. The van der Waals surface area contributed by atoms with E-state index in [0.29, 0.717) is 18.9 Å². The summed E-state index contributed by atoms with van der Waals surface area (Å²) >= 11 is 0. The van der Waals surface area contributed by atoms with E-state index in [1.165, 1.54) is 0 Å². The van der Waals surface area contributed by atoms with E-state index in [-0.39, 0.29) is 11.9 Å².